The Morgan fingerprint density at radius 1 is 1.03 bits per heavy atom. The summed E-state index contributed by atoms with van der Waals surface area (Å²) < 4.78 is 27.1. The van der Waals surface area contributed by atoms with E-state index in [4.69, 9.17) is 0 Å². The molecular formula is C23H21F2N5O4. The Labute approximate surface area is 192 Å². The highest BCUT2D eigenvalue weighted by atomic mass is 19.2. The first-order valence-electron chi connectivity index (χ1n) is 10.5. The number of nitrogens with one attached hydrogen (secondary N) is 5. The van der Waals surface area contributed by atoms with Gasteiger partial charge in [0.15, 0.2) is 11.6 Å². The Morgan fingerprint density at radius 3 is 2.44 bits per heavy atom. The van der Waals surface area contributed by atoms with Crippen LogP contribution in [0.4, 0.5) is 13.6 Å². The zero-order chi connectivity index (χ0) is 24.4. The summed E-state index contributed by atoms with van der Waals surface area (Å²) in [6, 6.07) is 9.05. The van der Waals surface area contributed by atoms with Crippen molar-refractivity contribution in [1.29, 1.82) is 0 Å². The number of aromatic nitrogens is 1. The standard InChI is InChI=1S/C23H21F2N5O4/c1-11(26-21(32)18-10-19(31)29-23(34)28-18)20(12-5-3-2-4-6-12)30-22(33)17-8-13-7-14(24)15(25)9-16(13)27-17/h2-9,11,18,20,27H,10H2,1H3,(H,26,32)(H,30,33)(H2,28,29,31,34)/t11?,18-,20?/m0/s1. The van der Waals surface area contributed by atoms with Gasteiger partial charge in [-0.3, -0.25) is 19.7 Å². The number of urea groups is 1. The van der Waals surface area contributed by atoms with Crippen molar-refractivity contribution in [3.8, 4) is 0 Å². The normalized spacial score (nSPS) is 17.4. The molecule has 2 heterocycles. The van der Waals surface area contributed by atoms with Crippen LogP contribution in [-0.2, 0) is 9.59 Å². The van der Waals surface area contributed by atoms with Gasteiger partial charge in [-0.15, -0.1) is 0 Å². The summed E-state index contributed by atoms with van der Waals surface area (Å²) in [7, 11) is 0. The predicted molar refractivity (Wildman–Crippen MR) is 118 cm³/mol. The van der Waals surface area contributed by atoms with Gasteiger partial charge in [0.2, 0.25) is 11.8 Å². The van der Waals surface area contributed by atoms with Gasteiger partial charge in [-0.25, -0.2) is 13.6 Å². The third-order valence-electron chi connectivity index (χ3n) is 5.49. The molecule has 2 unspecified atom stereocenters. The summed E-state index contributed by atoms with van der Waals surface area (Å²) in [4.78, 5) is 51.5. The van der Waals surface area contributed by atoms with Gasteiger partial charge in [-0.2, -0.15) is 0 Å². The second-order valence-corrected chi connectivity index (χ2v) is 7.97. The number of amides is 5. The number of carbonyl (C=O) groups excluding carboxylic acids is 4. The zero-order valence-corrected chi connectivity index (χ0v) is 17.9. The van der Waals surface area contributed by atoms with E-state index < -0.39 is 53.5 Å². The van der Waals surface area contributed by atoms with Crippen molar-refractivity contribution in [2.75, 3.05) is 0 Å². The molecule has 3 atom stereocenters. The van der Waals surface area contributed by atoms with Crippen LogP contribution in [0, 0.1) is 11.6 Å². The highest BCUT2D eigenvalue weighted by molar-refractivity contribution is 6.02. The van der Waals surface area contributed by atoms with Gasteiger partial charge in [0.05, 0.1) is 18.5 Å². The summed E-state index contributed by atoms with van der Waals surface area (Å²) in [6.45, 7) is 1.66. The number of aromatic amines is 1. The molecule has 1 aromatic heterocycles. The average molecular weight is 469 g/mol. The van der Waals surface area contributed by atoms with Crippen LogP contribution in [0.15, 0.2) is 48.5 Å². The second kappa shape index (κ2) is 9.30. The smallest absolute Gasteiger partial charge is 0.322 e. The Bertz CT molecular complexity index is 1220. The molecule has 5 N–H and O–H groups in total. The Kier molecular flexibility index (Phi) is 6.26. The number of hydrogen-bond acceptors (Lipinski definition) is 4. The van der Waals surface area contributed by atoms with E-state index in [1.807, 2.05) is 0 Å². The number of carbonyl (C=O) groups is 4. The lowest BCUT2D eigenvalue weighted by molar-refractivity contribution is -0.129. The maximum atomic E-state index is 13.5. The Hall–Kier alpha value is -4.28. The van der Waals surface area contributed by atoms with Gasteiger partial charge in [-0.05, 0) is 24.6 Å². The van der Waals surface area contributed by atoms with E-state index in [1.54, 1.807) is 37.3 Å². The topological polar surface area (TPSA) is 132 Å². The number of fused-ring (bicyclic) bond motifs is 1. The van der Waals surface area contributed by atoms with Crippen LogP contribution in [0.5, 0.6) is 0 Å². The van der Waals surface area contributed by atoms with Crippen LogP contribution < -0.4 is 21.3 Å². The molecular weight excluding hydrogens is 448 g/mol. The molecule has 1 fully saturated rings. The molecule has 34 heavy (non-hydrogen) atoms. The summed E-state index contributed by atoms with van der Waals surface area (Å²) in [5.41, 5.74) is 1.02. The van der Waals surface area contributed by atoms with Crippen LogP contribution in [0.25, 0.3) is 10.9 Å². The maximum Gasteiger partial charge on any atom is 0.322 e. The molecule has 4 rings (SSSR count). The first kappa shape index (κ1) is 22.9. The number of H-pyrrole nitrogens is 1. The SMILES string of the molecule is CC(NC(=O)[C@@H]1CC(=O)NC(=O)N1)C(NC(=O)c1cc2cc(F)c(F)cc2[nH]1)c1ccccc1. The lowest BCUT2D eigenvalue weighted by atomic mass is 9.99. The number of halogens is 2. The van der Waals surface area contributed by atoms with Gasteiger partial charge in [0, 0.05) is 17.0 Å². The van der Waals surface area contributed by atoms with Crippen molar-refractivity contribution in [3.63, 3.8) is 0 Å². The fourth-order valence-electron chi connectivity index (χ4n) is 3.80. The van der Waals surface area contributed by atoms with Crippen LogP contribution >= 0.6 is 0 Å². The molecule has 1 aliphatic rings. The monoisotopic (exact) mass is 469 g/mol. The number of rotatable bonds is 6. The molecule has 1 saturated heterocycles. The first-order chi connectivity index (χ1) is 16.2. The fourth-order valence-corrected chi connectivity index (χ4v) is 3.80. The number of imide groups is 1. The zero-order valence-electron chi connectivity index (χ0n) is 17.9. The first-order valence-corrected chi connectivity index (χ1v) is 10.5. The quantitative estimate of drug-likeness (QED) is 0.378. The predicted octanol–water partition coefficient (Wildman–Crippen LogP) is 2.02. The van der Waals surface area contributed by atoms with Crippen molar-refractivity contribution >= 4 is 34.7 Å². The van der Waals surface area contributed by atoms with Gasteiger partial charge in [0.1, 0.15) is 11.7 Å². The van der Waals surface area contributed by atoms with Crippen LogP contribution in [0.2, 0.25) is 0 Å². The lowest BCUT2D eigenvalue weighted by Crippen LogP contribution is -2.59. The van der Waals surface area contributed by atoms with Crippen molar-refractivity contribution in [1.82, 2.24) is 26.3 Å². The van der Waals surface area contributed by atoms with Gasteiger partial charge in [-0.1, -0.05) is 30.3 Å². The third-order valence-corrected chi connectivity index (χ3v) is 5.49. The summed E-state index contributed by atoms with van der Waals surface area (Å²) >= 11 is 0. The molecule has 176 valence electrons. The van der Waals surface area contributed by atoms with Gasteiger partial charge < -0.3 is 20.9 Å². The molecule has 0 aliphatic carbocycles. The minimum atomic E-state index is -1.05. The number of benzene rings is 2. The highest BCUT2D eigenvalue weighted by Gasteiger charge is 2.32. The van der Waals surface area contributed by atoms with E-state index in [9.17, 15) is 28.0 Å². The van der Waals surface area contributed by atoms with Crippen LogP contribution in [0.1, 0.15) is 35.4 Å². The van der Waals surface area contributed by atoms with Crippen LogP contribution in [-0.4, -0.2) is 40.8 Å². The van der Waals surface area contributed by atoms with E-state index in [2.05, 4.69) is 26.3 Å². The van der Waals surface area contributed by atoms with Crippen molar-refractivity contribution in [3.05, 3.63) is 71.4 Å². The van der Waals surface area contributed by atoms with Crippen molar-refractivity contribution in [2.24, 2.45) is 0 Å². The van der Waals surface area contributed by atoms with Crippen molar-refractivity contribution < 1.29 is 28.0 Å². The van der Waals surface area contributed by atoms with Crippen LogP contribution in [0.3, 0.4) is 0 Å². The van der Waals surface area contributed by atoms with Gasteiger partial charge in [0.25, 0.3) is 5.91 Å². The average Bonchev–Trinajstić information content (AvgIpc) is 3.20. The second-order valence-electron chi connectivity index (χ2n) is 7.97. The molecule has 1 aliphatic heterocycles. The minimum Gasteiger partial charge on any atom is -0.350 e. The molecule has 0 saturated carbocycles. The fraction of sp³-hybridized carbons (Fsp3) is 0.217. The van der Waals surface area contributed by atoms with Crippen molar-refractivity contribution in [2.45, 2.75) is 31.5 Å². The molecule has 0 radical (unpaired) electrons. The van der Waals surface area contributed by atoms with E-state index in [-0.39, 0.29) is 17.6 Å². The summed E-state index contributed by atoms with van der Waals surface area (Å²) in [6.07, 6.45) is -0.213. The van der Waals surface area contributed by atoms with E-state index in [1.165, 1.54) is 6.07 Å². The molecule has 0 bridgehead atoms. The minimum absolute atomic E-state index is 0.0793. The molecule has 11 heteroatoms. The number of hydrogen-bond donors (Lipinski definition) is 5. The largest absolute Gasteiger partial charge is 0.350 e. The lowest BCUT2D eigenvalue weighted by Gasteiger charge is -2.29. The highest BCUT2D eigenvalue weighted by Crippen LogP contribution is 2.22. The molecule has 5 amide bonds. The molecule has 0 spiro atoms. The van der Waals surface area contributed by atoms with Gasteiger partial charge >= 0.3 is 6.03 Å². The molecule has 9 nitrogen and oxygen atoms in total. The van der Waals surface area contributed by atoms with E-state index >= 15 is 0 Å². The van der Waals surface area contributed by atoms with E-state index in [0.717, 1.165) is 12.1 Å². The maximum absolute atomic E-state index is 13.5. The third kappa shape index (κ3) is 4.87. The summed E-state index contributed by atoms with van der Waals surface area (Å²) in [5, 5.41) is 10.3. The Balaban J connectivity index is 1.54. The molecule has 3 aromatic rings. The summed E-state index contributed by atoms with van der Waals surface area (Å²) in [5.74, 6) is -3.78. The Morgan fingerprint density at radius 2 is 1.74 bits per heavy atom. The van der Waals surface area contributed by atoms with E-state index in [0.29, 0.717) is 10.9 Å². The molecule has 2 aromatic carbocycles.